The Kier molecular flexibility index (Phi) is 3.50. The van der Waals surface area contributed by atoms with Crippen molar-refractivity contribution in [1.82, 2.24) is 0 Å². The molecule has 0 aliphatic heterocycles. The maximum absolute atomic E-state index is 10.6. The number of aliphatic hydroxyl groups excluding tert-OH is 1. The molecule has 0 spiro atoms. The molecule has 0 bridgehead atoms. The van der Waals surface area contributed by atoms with Crippen molar-refractivity contribution >= 4 is 0 Å². The van der Waals surface area contributed by atoms with Crippen molar-refractivity contribution in [2.75, 3.05) is 0 Å². The second kappa shape index (κ2) is 4.90. The quantitative estimate of drug-likeness (QED) is 0.531. The van der Waals surface area contributed by atoms with Crippen LogP contribution in [0.15, 0.2) is 11.1 Å². The highest BCUT2D eigenvalue weighted by Crippen LogP contribution is 2.71. The standard InChI is InChI=1S/C23H38O/c1-15-9-13-23(6)17-7-8-18-20(2,3)19(24)11-12-21(18,4)16(17)10-14-22(15,23)5/h15,18-19,24H,7-14H2,1-6H3/t15-,18?,19?,21-,22+,23-/m1/s1. The maximum Gasteiger partial charge on any atom is 0.0594 e. The summed E-state index contributed by atoms with van der Waals surface area (Å²) in [5, 5.41) is 10.6. The Labute approximate surface area is 149 Å². The molecule has 4 rings (SSSR count). The first-order chi connectivity index (χ1) is 11.1. The van der Waals surface area contributed by atoms with E-state index in [1.807, 2.05) is 11.1 Å². The van der Waals surface area contributed by atoms with Crippen LogP contribution in [0.2, 0.25) is 0 Å². The van der Waals surface area contributed by atoms with Crippen LogP contribution < -0.4 is 0 Å². The molecule has 0 saturated heterocycles. The van der Waals surface area contributed by atoms with E-state index in [1.165, 1.54) is 44.9 Å². The van der Waals surface area contributed by atoms with Gasteiger partial charge in [-0.15, -0.1) is 0 Å². The van der Waals surface area contributed by atoms with Crippen molar-refractivity contribution in [3.05, 3.63) is 11.1 Å². The Hall–Kier alpha value is -0.300. The molecule has 2 unspecified atom stereocenters. The normalized spacial score (nSPS) is 53.4. The Morgan fingerprint density at radius 1 is 0.833 bits per heavy atom. The fourth-order valence-corrected chi connectivity index (χ4v) is 7.97. The maximum atomic E-state index is 10.6. The summed E-state index contributed by atoms with van der Waals surface area (Å²) >= 11 is 0. The van der Waals surface area contributed by atoms with Crippen molar-refractivity contribution in [2.45, 2.75) is 99.0 Å². The van der Waals surface area contributed by atoms with E-state index in [1.54, 1.807) is 0 Å². The van der Waals surface area contributed by atoms with Crippen LogP contribution in [0.1, 0.15) is 92.9 Å². The molecule has 0 aromatic rings. The molecule has 1 nitrogen and oxygen atoms in total. The first-order valence-electron chi connectivity index (χ1n) is 10.5. The first-order valence-corrected chi connectivity index (χ1v) is 10.5. The summed E-state index contributed by atoms with van der Waals surface area (Å²) in [4.78, 5) is 0. The Morgan fingerprint density at radius 2 is 1.54 bits per heavy atom. The Morgan fingerprint density at radius 3 is 2.25 bits per heavy atom. The second-order valence-electron chi connectivity index (χ2n) is 11.0. The topological polar surface area (TPSA) is 20.2 Å². The van der Waals surface area contributed by atoms with E-state index in [4.69, 9.17) is 0 Å². The lowest BCUT2D eigenvalue weighted by atomic mass is 9.43. The summed E-state index contributed by atoms with van der Waals surface area (Å²) in [5.74, 6) is 1.52. The van der Waals surface area contributed by atoms with Crippen LogP contribution in [-0.4, -0.2) is 11.2 Å². The minimum atomic E-state index is -0.117. The van der Waals surface area contributed by atoms with Gasteiger partial charge in [-0.05, 0) is 84.9 Å². The van der Waals surface area contributed by atoms with Gasteiger partial charge >= 0.3 is 0 Å². The largest absolute Gasteiger partial charge is 0.393 e. The van der Waals surface area contributed by atoms with Crippen molar-refractivity contribution in [1.29, 1.82) is 0 Å². The third kappa shape index (κ3) is 1.81. The number of fused-ring (bicyclic) bond motifs is 4. The zero-order chi connectivity index (χ0) is 17.5. The SMILES string of the molecule is C[C@@H]1CC[C@]2(C)C3=C(CC[C@@]12C)[C@@]1(C)CCC(O)C(C)(C)C1CC3. The van der Waals surface area contributed by atoms with Crippen LogP contribution in [0.3, 0.4) is 0 Å². The molecule has 1 heteroatoms. The predicted octanol–water partition coefficient (Wildman–Crippen LogP) is 6.12. The molecule has 2 saturated carbocycles. The smallest absolute Gasteiger partial charge is 0.0594 e. The summed E-state index contributed by atoms with van der Waals surface area (Å²) in [5.41, 5.74) is 5.06. The van der Waals surface area contributed by atoms with E-state index in [9.17, 15) is 5.11 Å². The number of allylic oxidation sites excluding steroid dienone is 2. The van der Waals surface area contributed by atoms with Gasteiger partial charge in [0.15, 0.2) is 0 Å². The molecule has 0 aromatic carbocycles. The highest BCUT2D eigenvalue weighted by atomic mass is 16.3. The predicted molar refractivity (Wildman–Crippen MR) is 101 cm³/mol. The average molecular weight is 331 g/mol. The first kappa shape index (κ1) is 17.1. The highest BCUT2D eigenvalue weighted by Gasteiger charge is 2.61. The van der Waals surface area contributed by atoms with Crippen LogP contribution in [0.4, 0.5) is 0 Å². The van der Waals surface area contributed by atoms with E-state index in [0.717, 1.165) is 12.3 Å². The van der Waals surface area contributed by atoms with Gasteiger partial charge in [0.05, 0.1) is 6.10 Å². The number of rotatable bonds is 0. The average Bonchev–Trinajstić information content (AvgIpc) is 2.76. The Bertz CT molecular complexity index is 587. The molecular weight excluding hydrogens is 292 g/mol. The summed E-state index contributed by atoms with van der Waals surface area (Å²) in [6.45, 7) is 14.9. The molecule has 0 heterocycles. The fraction of sp³-hybridized carbons (Fsp3) is 0.913. The zero-order valence-electron chi connectivity index (χ0n) is 16.8. The van der Waals surface area contributed by atoms with Gasteiger partial charge in [0.25, 0.3) is 0 Å². The van der Waals surface area contributed by atoms with Gasteiger partial charge < -0.3 is 5.11 Å². The molecule has 0 aromatic heterocycles. The van der Waals surface area contributed by atoms with Gasteiger partial charge in [-0.1, -0.05) is 52.7 Å². The minimum absolute atomic E-state index is 0.0656. The Balaban J connectivity index is 1.82. The van der Waals surface area contributed by atoms with Crippen LogP contribution in [-0.2, 0) is 0 Å². The monoisotopic (exact) mass is 330 g/mol. The summed E-state index contributed by atoms with van der Waals surface area (Å²) in [6.07, 6.45) is 10.2. The molecule has 4 aliphatic carbocycles. The lowest BCUT2D eigenvalue weighted by molar-refractivity contribution is -0.0954. The van der Waals surface area contributed by atoms with Crippen LogP contribution >= 0.6 is 0 Å². The molecule has 2 fully saturated rings. The van der Waals surface area contributed by atoms with Gasteiger partial charge in [-0.2, -0.15) is 0 Å². The molecular formula is C23H38O. The highest BCUT2D eigenvalue weighted by molar-refractivity contribution is 5.38. The van der Waals surface area contributed by atoms with Gasteiger partial charge in [0.2, 0.25) is 0 Å². The second-order valence-corrected chi connectivity index (χ2v) is 11.0. The molecule has 6 atom stereocenters. The van der Waals surface area contributed by atoms with E-state index < -0.39 is 0 Å². The molecule has 24 heavy (non-hydrogen) atoms. The fourth-order valence-electron chi connectivity index (χ4n) is 7.97. The van der Waals surface area contributed by atoms with Crippen molar-refractivity contribution in [3.63, 3.8) is 0 Å². The molecule has 4 aliphatic rings. The van der Waals surface area contributed by atoms with Gasteiger partial charge in [-0.25, -0.2) is 0 Å². The lowest BCUT2D eigenvalue weighted by Gasteiger charge is -2.61. The minimum Gasteiger partial charge on any atom is -0.393 e. The third-order valence-corrected chi connectivity index (χ3v) is 10.2. The summed E-state index contributed by atoms with van der Waals surface area (Å²) in [6, 6.07) is 0. The zero-order valence-corrected chi connectivity index (χ0v) is 16.8. The van der Waals surface area contributed by atoms with Crippen LogP contribution in [0.25, 0.3) is 0 Å². The number of hydrogen-bond donors (Lipinski definition) is 1. The van der Waals surface area contributed by atoms with Crippen LogP contribution in [0, 0.1) is 33.5 Å². The third-order valence-electron chi connectivity index (χ3n) is 10.2. The van der Waals surface area contributed by atoms with E-state index >= 15 is 0 Å². The van der Waals surface area contributed by atoms with Gasteiger partial charge in [0.1, 0.15) is 0 Å². The van der Waals surface area contributed by atoms with E-state index in [-0.39, 0.29) is 11.5 Å². The van der Waals surface area contributed by atoms with Gasteiger partial charge in [-0.3, -0.25) is 0 Å². The lowest BCUT2D eigenvalue weighted by Crippen LogP contribution is -2.54. The molecule has 0 amide bonds. The number of hydrogen-bond acceptors (Lipinski definition) is 1. The van der Waals surface area contributed by atoms with Crippen molar-refractivity contribution in [2.24, 2.45) is 33.5 Å². The summed E-state index contributed by atoms with van der Waals surface area (Å²) in [7, 11) is 0. The molecule has 1 N–H and O–H groups in total. The molecule has 0 radical (unpaired) electrons. The van der Waals surface area contributed by atoms with E-state index in [2.05, 4.69) is 41.5 Å². The van der Waals surface area contributed by atoms with Gasteiger partial charge in [0, 0.05) is 0 Å². The summed E-state index contributed by atoms with van der Waals surface area (Å²) < 4.78 is 0. The molecule has 136 valence electrons. The van der Waals surface area contributed by atoms with E-state index in [0.29, 0.717) is 22.2 Å². The van der Waals surface area contributed by atoms with Crippen molar-refractivity contribution in [3.8, 4) is 0 Å². The van der Waals surface area contributed by atoms with Crippen LogP contribution in [0.5, 0.6) is 0 Å². The number of aliphatic hydroxyl groups is 1. The van der Waals surface area contributed by atoms with Crippen molar-refractivity contribution < 1.29 is 5.11 Å².